The van der Waals surface area contributed by atoms with Gasteiger partial charge in [-0.2, -0.15) is 13.2 Å². The summed E-state index contributed by atoms with van der Waals surface area (Å²) < 4.78 is 80.0. The molecule has 0 spiro atoms. The van der Waals surface area contributed by atoms with Crippen molar-refractivity contribution < 1.29 is 41.0 Å². The van der Waals surface area contributed by atoms with Crippen LogP contribution in [0.15, 0.2) is 12.1 Å². The van der Waals surface area contributed by atoms with Crippen LogP contribution in [0.3, 0.4) is 0 Å². The molecule has 1 aromatic rings. The number of rotatable bonds is 3. The average molecular weight is 384 g/mol. The molecule has 1 saturated heterocycles. The van der Waals surface area contributed by atoms with Gasteiger partial charge in [0, 0.05) is 17.5 Å². The SMILES string of the molecule is C[C@@H]1C(c2c(F)ccc(F)c2F)CC(NC(=O)O)C(=O)N1CC(F)(F)F. The van der Waals surface area contributed by atoms with Gasteiger partial charge in [-0.25, -0.2) is 18.0 Å². The highest BCUT2D eigenvalue weighted by molar-refractivity contribution is 5.86. The van der Waals surface area contributed by atoms with Gasteiger partial charge in [-0.05, 0) is 25.5 Å². The van der Waals surface area contributed by atoms with Crippen LogP contribution < -0.4 is 5.32 Å². The molecule has 0 bridgehead atoms. The Morgan fingerprint density at radius 1 is 1.27 bits per heavy atom. The first-order valence-electron chi connectivity index (χ1n) is 7.42. The summed E-state index contributed by atoms with van der Waals surface area (Å²) in [6.45, 7) is -0.602. The monoisotopic (exact) mass is 384 g/mol. The van der Waals surface area contributed by atoms with Gasteiger partial charge in [-0.3, -0.25) is 4.79 Å². The van der Waals surface area contributed by atoms with E-state index in [9.17, 15) is 35.9 Å². The smallest absolute Gasteiger partial charge is 0.406 e. The topological polar surface area (TPSA) is 69.6 Å². The summed E-state index contributed by atoms with van der Waals surface area (Å²) in [5.41, 5.74) is -0.825. The minimum Gasteiger partial charge on any atom is -0.465 e. The number of amides is 2. The molecule has 2 N–H and O–H groups in total. The van der Waals surface area contributed by atoms with Crippen molar-refractivity contribution in [2.75, 3.05) is 6.54 Å². The van der Waals surface area contributed by atoms with E-state index in [0.29, 0.717) is 17.0 Å². The van der Waals surface area contributed by atoms with Crippen LogP contribution in [0, 0.1) is 17.5 Å². The van der Waals surface area contributed by atoms with Crippen LogP contribution in [0.1, 0.15) is 24.8 Å². The van der Waals surface area contributed by atoms with E-state index in [-0.39, 0.29) is 0 Å². The standard InChI is InChI=1S/C15H14F6N2O3/c1-6-7(11-8(16)2-3-9(17)12(11)18)4-10(22-14(25)26)13(24)23(6)5-15(19,20)21/h2-3,6-7,10,22H,4-5H2,1H3,(H,25,26)/t6-,7?,10?/m1/s1. The zero-order chi connectivity index (χ0) is 19.8. The van der Waals surface area contributed by atoms with Gasteiger partial charge in [-0.15, -0.1) is 0 Å². The fourth-order valence-electron chi connectivity index (χ4n) is 3.10. The van der Waals surface area contributed by atoms with E-state index in [1.54, 1.807) is 5.32 Å². The third-order valence-electron chi connectivity index (χ3n) is 4.24. The fourth-order valence-corrected chi connectivity index (χ4v) is 3.10. The Balaban J connectivity index is 2.50. The predicted molar refractivity (Wildman–Crippen MR) is 75.9 cm³/mol. The Morgan fingerprint density at radius 3 is 2.38 bits per heavy atom. The normalized spacial score (nSPS) is 23.9. The number of hydrogen-bond acceptors (Lipinski definition) is 2. The molecular weight excluding hydrogens is 370 g/mol. The van der Waals surface area contributed by atoms with Crippen LogP contribution in [0.5, 0.6) is 0 Å². The maximum atomic E-state index is 14.1. The van der Waals surface area contributed by atoms with Crippen LogP contribution in [0.25, 0.3) is 0 Å². The molecule has 2 rings (SSSR count). The van der Waals surface area contributed by atoms with Gasteiger partial charge in [0.1, 0.15) is 18.4 Å². The number of carbonyl (C=O) groups is 2. The van der Waals surface area contributed by atoms with Crippen molar-refractivity contribution in [3.63, 3.8) is 0 Å². The summed E-state index contributed by atoms with van der Waals surface area (Å²) >= 11 is 0. The van der Waals surface area contributed by atoms with Crippen molar-refractivity contribution >= 4 is 12.0 Å². The maximum absolute atomic E-state index is 14.1. The highest BCUT2D eigenvalue weighted by Crippen LogP contribution is 2.38. The lowest BCUT2D eigenvalue weighted by molar-refractivity contribution is -0.170. The van der Waals surface area contributed by atoms with Crippen LogP contribution >= 0.6 is 0 Å². The van der Waals surface area contributed by atoms with Crippen molar-refractivity contribution in [1.82, 2.24) is 10.2 Å². The zero-order valence-corrected chi connectivity index (χ0v) is 13.3. The van der Waals surface area contributed by atoms with Crippen molar-refractivity contribution in [2.24, 2.45) is 0 Å². The number of nitrogens with zero attached hydrogens (tertiary/aromatic N) is 1. The van der Waals surface area contributed by atoms with Crippen molar-refractivity contribution in [3.8, 4) is 0 Å². The second-order valence-corrected chi connectivity index (χ2v) is 5.92. The highest BCUT2D eigenvalue weighted by atomic mass is 19.4. The number of halogens is 6. The van der Waals surface area contributed by atoms with Gasteiger partial charge in [-0.1, -0.05) is 0 Å². The molecule has 1 aliphatic heterocycles. The van der Waals surface area contributed by atoms with E-state index in [4.69, 9.17) is 5.11 Å². The van der Waals surface area contributed by atoms with Gasteiger partial charge in [0.05, 0.1) is 0 Å². The molecule has 144 valence electrons. The summed E-state index contributed by atoms with van der Waals surface area (Å²) in [5, 5.41) is 10.5. The first-order chi connectivity index (χ1) is 11.9. The Labute approximate surface area is 143 Å². The Kier molecular flexibility index (Phi) is 5.38. The number of hydrogen-bond donors (Lipinski definition) is 2. The molecule has 2 unspecified atom stereocenters. The third kappa shape index (κ3) is 4.02. The molecule has 0 aromatic heterocycles. The van der Waals surface area contributed by atoms with E-state index in [0.717, 1.165) is 6.92 Å². The predicted octanol–water partition coefficient (Wildman–Crippen LogP) is 3.01. The molecule has 1 heterocycles. The van der Waals surface area contributed by atoms with Crippen LogP contribution in [-0.2, 0) is 4.79 Å². The van der Waals surface area contributed by atoms with Gasteiger partial charge in [0.15, 0.2) is 11.6 Å². The number of likely N-dealkylation sites (tertiary alicyclic amines) is 1. The number of nitrogens with one attached hydrogen (secondary N) is 1. The number of carboxylic acid groups (broad SMARTS) is 1. The summed E-state index contributed by atoms with van der Waals surface area (Å²) in [6, 6.07) is -1.86. The Morgan fingerprint density at radius 2 is 1.85 bits per heavy atom. The summed E-state index contributed by atoms with van der Waals surface area (Å²) in [7, 11) is 0. The molecule has 1 aliphatic rings. The quantitative estimate of drug-likeness (QED) is 0.622. The lowest BCUT2D eigenvalue weighted by Gasteiger charge is -2.43. The molecule has 0 saturated carbocycles. The van der Waals surface area contributed by atoms with Crippen LogP contribution in [0.2, 0.25) is 0 Å². The average Bonchev–Trinajstić information content (AvgIpc) is 2.50. The minimum atomic E-state index is -4.82. The van der Waals surface area contributed by atoms with Gasteiger partial charge in [0.2, 0.25) is 5.91 Å². The molecule has 11 heteroatoms. The second-order valence-electron chi connectivity index (χ2n) is 5.92. The van der Waals surface area contributed by atoms with Gasteiger partial charge in [0.25, 0.3) is 0 Å². The zero-order valence-electron chi connectivity index (χ0n) is 13.3. The largest absolute Gasteiger partial charge is 0.465 e. The van der Waals surface area contributed by atoms with Gasteiger partial charge < -0.3 is 15.3 Å². The van der Waals surface area contributed by atoms with E-state index in [1.807, 2.05) is 0 Å². The molecular formula is C15H14F6N2O3. The molecule has 0 aliphatic carbocycles. The van der Waals surface area contributed by atoms with Crippen LogP contribution in [-0.4, -0.2) is 46.8 Å². The first kappa shape index (κ1) is 19.9. The molecule has 3 atom stereocenters. The summed E-state index contributed by atoms with van der Waals surface area (Å²) in [5.74, 6) is -6.75. The maximum Gasteiger partial charge on any atom is 0.406 e. The van der Waals surface area contributed by atoms with Crippen LogP contribution in [0.4, 0.5) is 31.1 Å². The van der Waals surface area contributed by atoms with Crippen molar-refractivity contribution in [3.05, 3.63) is 35.1 Å². The molecule has 2 amide bonds. The molecule has 1 fully saturated rings. The molecule has 0 radical (unpaired) electrons. The number of carbonyl (C=O) groups excluding carboxylic acids is 1. The highest BCUT2D eigenvalue weighted by Gasteiger charge is 2.46. The van der Waals surface area contributed by atoms with Crippen molar-refractivity contribution in [1.29, 1.82) is 0 Å². The number of alkyl halides is 3. The first-order valence-corrected chi connectivity index (χ1v) is 7.42. The Hall–Kier alpha value is -2.46. The van der Waals surface area contributed by atoms with E-state index in [1.165, 1.54) is 0 Å². The van der Waals surface area contributed by atoms with E-state index in [2.05, 4.69) is 0 Å². The lowest BCUT2D eigenvalue weighted by atomic mass is 9.81. The molecule has 5 nitrogen and oxygen atoms in total. The van der Waals surface area contributed by atoms with E-state index >= 15 is 0 Å². The van der Waals surface area contributed by atoms with Gasteiger partial charge >= 0.3 is 12.3 Å². The summed E-state index contributed by atoms with van der Waals surface area (Å²) in [4.78, 5) is 23.3. The lowest BCUT2D eigenvalue weighted by Crippen LogP contribution is -2.59. The summed E-state index contributed by atoms with van der Waals surface area (Å²) in [6.07, 6.45) is -7.03. The Bertz CT molecular complexity index is 724. The fraction of sp³-hybridized carbons (Fsp3) is 0.467. The minimum absolute atomic E-state index is 0.290. The molecule has 1 aromatic carbocycles. The number of piperidine rings is 1. The van der Waals surface area contributed by atoms with Crippen molar-refractivity contribution in [2.45, 2.75) is 37.5 Å². The second kappa shape index (κ2) is 7.04. The van der Waals surface area contributed by atoms with E-state index < -0.39 is 72.2 Å². The third-order valence-corrected chi connectivity index (χ3v) is 4.24. The number of benzene rings is 1. The molecule has 26 heavy (non-hydrogen) atoms.